The normalized spacial score (nSPS) is 30.3. The minimum Gasteiger partial charge on any atom is -0.385 e. The largest absolute Gasteiger partial charge is 0.385 e. The number of nitrogens with zero attached hydrogens (tertiary/aromatic N) is 1. The zero-order chi connectivity index (χ0) is 24.3. The zero-order valence-electron chi connectivity index (χ0n) is 20.8. The molecule has 2 fully saturated rings. The van der Waals surface area contributed by atoms with Crippen molar-refractivity contribution in [3.8, 4) is 0 Å². The Bertz CT molecular complexity index is 994. The SMILES string of the molecule is COCC[C@@H]1OC[C@](C)(C(=O)c2ccccc2)[N+](c2cccc(F)c2C)[C@@]1(C)C1CCCNC1. The van der Waals surface area contributed by atoms with Crippen LogP contribution >= 0.6 is 0 Å². The summed E-state index contributed by atoms with van der Waals surface area (Å²) in [5.41, 5.74) is 0.382. The van der Waals surface area contributed by atoms with E-state index in [-0.39, 0.29) is 30.2 Å². The number of nitrogens with one attached hydrogen (secondary N) is 1. The molecule has 2 saturated heterocycles. The van der Waals surface area contributed by atoms with E-state index in [0.29, 0.717) is 24.2 Å². The Balaban J connectivity index is 1.92. The summed E-state index contributed by atoms with van der Waals surface area (Å²) in [5, 5.41) is 3.55. The molecule has 0 spiro atoms. The highest BCUT2D eigenvalue weighted by molar-refractivity contribution is 6.04. The van der Waals surface area contributed by atoms with Crippen molar-refractivity contribution < 1.29 is 18.7 Å². The van der Waals surface area contributed by atoms with Gasteiger partial charge in [0.2, 0.25) is 11.3 Å². The second kappa shape index (κ2) is 10.2. The van der Waals surface area contributed by atoms with Crippen LogP contribution < -0.4 is 10.2 Å². The van der Waals surface area contributed by atoms with Gasteiger partial charge in [-0.1, -0.05) is 36.4 Å². The molecule has 2 aromatic rings. The molecule has 1 unspecified atom stereocenters. The number of halogens is 1. The monoisotopic (exact) mass is 468 g/mol. The van der Waals surface area contributed by atoms with Gasteiger partial charge in [0.15, 0.2) is 11.2 Å². The molecule has 183 valence electrons. The van der Waals surface area contributed by atoms with Crippen molar-refractivity contribution in [1.29, 1.82) is 0 Å². The van der Waals surface area contributed by atoms with Crippen LogP contribution in [0.3, 0.4) is 0 Å². The molecule has 4 rings (SSSR count). The molecular formula is C28H37FN2O3+. The number of anilines is 1. The van der Waals surface area contributed by atoms with E-state index in [1.165, 1.54) is 6.07 Å². The third-order valence-corrected chi connectivity index (χ3v) is 7.91. The third-order valence-electron chi connectivity index (χ3n) is 7.91. The minimum atomic E-state index is -1.00. The fourth-order valence-corrected chi connectivity index (χ4v) is 6.00. The van der Waals surface area contributed by atoms with E-state index in [4.69, 9.17) is 9.47 Å². The average molecular weight is 469 g/mol. The van der Waals surface area contributed by atoms with Gasteiger partial charge in [0.05, 0.1) is 5.56 Å². The standard InChI is InChI=1S/C28H37FN2O3/c1-20-23(29)13-8-14-24(20)31-27(2,26(32)21-10-6-5-7-11-21)19-34-25(15-17-33-4)28(31,3)22-12-9-16-30-18-22/h5-8,10-11,13-14,22,25,30H,9,12,15-19H2,1-4H3/q+1/t22?,25-,27+,28-/m0/s1. The second-order valence-electron chi connectivity index (χ2n) is 10.0. The van der Waals surface area contributed by atoms with E-state index in [1.54, 1.807) is 20.1 Å². The first-order chi connectivity index (χ1) is 16.3. The van der Waals surface area contributed by atoms with Gasteiger partial charge in [-0.2, -0.15) is 0 Å². The van der Waals surface area contributed by atoms with Crippen LogP contribution in [0.4, 0.5) is 10.1 Å². The van der Waals surface area contributed by atoms with Gasteiger partial charge in [0, 0.05) is 51.2 Å². The molecule has 6 heteroatoms. The summed E-state index contributed by atoms with van der Waals surface area (Å²) in [6, 6.07) is 14.5. The van der Waals surface area contributed by atoms with Crippen LogP contribution in [0.1, 0.15) is 49.0 Å². The average Bonchev–Trinajstić information content (AvgIpc) is 2.86. The summed E-state index contributed by atoms with van der Waals surface area (Å²) < 4.78 is 26.9. The van der Waals surface area contributed by atoms with E-state index < -0.39 is 11.1 Å². The van der Waals surface area contributed by atoms with Crippen LogP contribution in [-0.2, 0) is 9.47 Å². The van der Waals surface area contributed by atoms with Crippen LogP contribution in [0.2, 0.25) is 0 Å². The second-order valence-corrected chi connectivity index (χ2v) is 10.0. The van der Waals surface area contributed by atoms with Gasteiger partial charge < -0.3 is 14.8 Å². The maximum atomic E-state index is 14.9. The summed E-state index contributed by atoms with van der Waals surface area (Å²) >= 11 is 0. The summed E-state index contributed by atoms with van der Waals surface area (Å²) in [7, 11) is 1.69. The molecule has 2 aliphatic rings. The third kappa shape index (κ3) is 4.33. The Morgan fingerprint density at radius 2 is 1.97 bits per heavy atom. The van der Waals surface area contributed by atoms with E-state index in [1.807, 2.05) is 43.3 Å². The van der Waals surface area contributed by atoms with Crippen molar-refractivity contribution in [3.05, 3.63) is 65.5 Å². The maximum Gasteiger partial charge on any atom is 0.231 e. The number of carbonyl (C=O) groups is 1. The first kappa shape index (κ1) is 25.0. The molecule has 2 aliphatic heterocycles. The Kier molecular flexibility index (Phi) is 7.53. The Hall–Kier alpha value is -2.12. The summed E-state index contributed by atoms with van der Waals surface area (Å²) in [5.74, 6) is -0.0676. The predicted molar refractivity (Wildman–Crippen MR) is 132 cm³/mol. The van der Waals surface area contributed by atoms with Gasteiger partial charge >= 0.3 is 0 Å². The Labute approximate surface area is 202 Å². The molecular weight excluding hydrogens is 431 g/mol. The Morgan fingerprint density at radius 1 is 1.21 bits per heavy atom. The first-order valence-corrected chi connectivity index (χ1v) is 12.3. The number of hydrogen-bond donors (Lipinski definition) is 1. The van der Waals surface area contributed by atoms with Crippen LogP contribution in [0, 0.1) is 18.7 Å². The molecule has 0 saturated carbocycles. The molecule has 4 atom stereocenters. The number of Topliss-reactive ketones (excluding diaryl/α,β-unsaturated/α-hetero) is 1. The van der Waals surface area contributed by atoms with Gasteiger partial charge in [-0.25, -0.2) is 4.39 Å². The van der Waals surface area contributed by atoms with Crippen molar-refractivity contribution in [2.24, 2.45) is 5.92 Å². The highest BCUT2D eigenvalue weighted by Crippen LogP contribution is 2.47. The van der Waals surface area contributed by atoms with Crippen molar-refractivity contribution in [2.45, 2.75) is 57.2 Å². The van der Waals surface area contributed by atoms with Crippen LogP contribution in [0.15, 0.2) is 48.5 Å². The lowest BCUT2D eigenvalue weighted by Gasteiger charge is -2.53. The van der Waals surface area contributed by atoms with Crippen molar-refractivity contribution in [2.75, 3.05) is 33.4 Å². The predicted octanol–water partition coefficient (Wildman–Crippen LogP) is 4.74. The van der Waals surface area contributed by atoms with E-state index >= 15 is 0 Å². The van der Waals surface area contributed by atoms with Crippen molar-refractivity contribution in [3.63, 3.8) is 0 Å². The number of carbonyl (C=O) groups excluding carboxylic acids is 1. The van der Waals surface area contributed by atoms with E-state index in [0.717, 1.165) is 31.6 Å². The lowest BCUT2D eigenvalue weighted by Crippen LogP contribution is -2.76. The number of methoxy groups -OCH3 is 1. The quantitative estimate of drug-likeness (QED) is 0.471. The lowest BCUT2D eigenvalue weighted by molar-refractivity contribution is -0.139. The number of hydrogen-bond acceptors (Lipinski definition) is 5. The molecule has 1 N–H and O–H groups in total. The summed E-state index contributed by atoms with van der Waals surface area (Å²) in [6.07, 6.45) is 2.59. The fraction of sp³-hybridized carbons (Fsp3) is 0.536. The Morgan fingerprint density at radius 3 is 2.65 bits per heavy atom. The fourth-order valence-electron chi connectivity index (χ4n) is 6.00. The van der Waals surface area contributed by atoms with Gasteiger partial charge in [-0.05, 0) is 39.3 Å². The summed E-state index contributed by atoms with van der Waals surface area (Å²) in [4.78, 5) is 16.4. The first-order valence-electron chi connectivity index (χ1n) is 12.3. The van der Waals surface area contributed by atoms with Crippen molar-refractivity contribution >= 4 is 11.5 Å². The van der Waals surface area contributed by atoms with Crippen LogP contribution in [0.25, 0.3) is 0 Å². The van der Waals surface area contributed by atoms with Crippen molar-refractivity contribution in [1.82, 2.24) is 10.2 Å². The molecule has 5 nitrogen and oxygen atoms in total. The molecule has 1 radical (unpaired) electrons. The smallest absolute Gasteiger partial charge is 0.231 e. The number of morpholine rings is 1. The van der Waals surface area contributed by atoms with E-state index in [2.05, 4.69) is 17.1 Å². The van der Waals surface area contributed by atoms with Gasteiger partial charge in [-0.15, -0.1) is 4.90 Å². The molecule has 2 aromatic carbocycles. The van der Waals surface area contributed by atoms with E-state index in [9.17, 15) is 9.18 Å². The number of rotatable bonds is 7. The topological polar surface area (TPSA) is 53.5 Å². The highest BCUT2D eigenvalue weighted by Gasteiger charge is 2.68. The van der Waals surface area contributed by atoms with Gasteiger partial charge in [0.25, 0.3) is 0 Å². The van der Waals surface area contributed by atoms with Crippen LogP contribution in [0.5, 0.6) is 0 Å². The molecule has 0 bridgehead atoms. The maximum absolute atomic E-state index is 14.9. The number of benzene rings is 2. The molecule has 0 amide bonds. The molecule has 0 aromatic heterocycles. The molecule has 2 heterocycles. The molecule has 34 heavy (non-hydrogen) atoms. The number of piperidine rings is 1. The number of ketones is 1. The number of ether oxygens (including phenoxy) is 2. The van der Waals surface area contributed by atoms with Gasteiger partial charge in [-0.3, -0.25) is 4.79 Å². The van der Waals surface area contributed by atoms with Gasteiger partial charge in [0.1, 0.15) is 18.5 Å². The lowest BCUT2D eigenvalue weighted by atomic mass is 9.69. The van der Waals surface area contributed by atoms with Crippen LogP contribution in [-0.4, -0.2) is 56.4 Å². The minimum absolute atomic E-state index is 0.0167. The highest BCUT2D eigenvalue weighted by atomic mass is 19.1. The molecule has 0 aliphatic carbocycles. The summed E-state index contributed by atoms with van der Waals surface area (Å²) in [6.45, 7) is 8.54. The zero-order valence-corrected chi connectivity index (χ0v) is 20.8.